The van der Waals surface area contributed by atoms with Gasteiger partial charge in [-0.2, -0.15) is 0 Å². The summed E-state index contributed by atoms with van der Waals surface area (Å²) in [4.78, 5) is 19.1. The lowest BCUT2D eigenvalue weighted by Crippen LogP contribution is -2.53. The minimum atomic E-state index is -0.252. The number of fused-ring (bicyclic) bond motifs is 2. The molecule has 0 unspecified atom stereocenters. The molecule has 1 saturated heterocycles. The summed E-state index contributed by atoms with van der Waals surface area (Å²) in [6, 6.07) is 10.6. The first-order chi connectivity index (χ1) is 13.2. The van der Waals surface area contributed by atoms with E-state index in [-0.39, 0.29) is 17.9 Å². The highest BCUT2D eigenvalue weighted by atomic mass is 32.1. The Morgan fingerprint density at radius 2 is 1.93 bits per heavy atom. The highest BCUT2D eigenvalue weighted by Crippen LogP contribution is 2.32. The Morgan fingerprint density at radius 3 is 2.78 bits per heavy atom. The summed E-state index contributed by atoms with van der Waals surface area (Å²) in [5.74, 6) is -0.502. The van der Waals surface area contributed by atoms with Crippen LogP contribution in [0.1, 0.15) is 34.3 Å². The van der Waals surface area contributed by atoms with Gasteiger partial charge in [0.15, 0.2) is 5.13 Å². The molecule has 6 heteroatoms. The number of thiazole rings is 1. The minimum Gasteiger partial charge on any atom is -0.455 e. The fraction of sp³-hybridized carbons (Fsp3) is 0.333. The van der Waals surface area contributed by atoms with Gasteiger partial charge >= 0.3 is 5.97 Å². The summed E-state index contributed by atoms with van der Waals surface area (Å²) < 4.78 is 19.8. The fourth-order valence-electron chi connectivity index (χ4n) is 3.77. The number of aromatic nitrogens is 1. The number of rotatable bonds is 3. The second-order valence-corrected chi connectivity index (χ2v) is 8.24. The van der Waals surface area contributed by atoms with E-state index >= 15 is 0 Å². The van der Waals surface area contributed by atoms with E-state index in [0.29, 0.717) is 18.7 Å². The predicted octanol–water partition coefficient (Wildman–Crippen LogP) is 4.36. The molecular formula is C21H19FN2O2S. The molecule has 4 nitrogen and oxygen atoms in total. The summed E-state index contributed by atoms with van der Waals surface area (Å²) in [7, 11) is 0. The third kappa shape index (κ3) is 3.18. The van der Waals surface area contributed by atoms with E-state index in [1.54, 1.807) is 6.07 Å². The van der Waals surface area contributed by atoms with Gasteiger partial charge in [0.25, 0.3) is 0 Å². The van der Waals surface area contributed by atoms with Crippen molar-refractivity contribution in [1.82, 2.24) is 4.98 Å². The number of hydrogen-bond acceptors (Lipinski definition) is 5. The Kier molecular flexibility index (Phi) is 4.08. The molecule has 1 fully saturated rings. The molecular weight excluding hydrogens is 363 g/mol. The van der Waals surface area contributed by atoms with E-state index in [0.717, 1.165) is 28.2 Å². The number of esters is 1. The number of hydrogen-bond donors (Lipinski definition) is 0. The number of aryl methyl sites for hydroxylation is 2. The lowest BCUT2D eigenvalue weighted by molar-refractivity contribution is 0.0234. The first-order valence-electron chi connectivity index (χ1n) is 9.29. The largest absolute Gasteiger partial charge is 0.455 e. The Hall–Kier alpha value is -2.47. The number of ether oxygens (including phenoxy) is 1. The van der Waals surface area contributed by atoms with Crippen molar-refractivity contribution >= 4 is 32.7 Å². The van der Waals surface area contributed by atoms with Crippen LogP contribution in [-0.2, 0) is 17.6 Å². The Balaban J connectivity index is 1.22. The maximum absolute atomic E-state index is 13.3. The van der Waals surface area contributed by atoms with E-state index in [1.165, 1.54) is 47.4 Å². The monoisotopic (exact) mass is 382 g/mol. The fourth-order valence-corrected chi connectivity index (χ4v) is 4.78. The van der Waals surface area contributed by atoms with Crippen LogP contribution in [0.25, 0.3) is 10.2 Å². The van der Waals surface area contributed by atoms with Crippen LogP contribution in [0.15, 0.2) is 36.4 Å². The Labute approximate surface area is 160 Å². The number of benzene rings is 2. The first-order valence-corrected chi connectivity index (χ1v) is 10.1. The van der Waals surface area contributed by atoms with Crippen LogP contribution in [-0.4, -0.2) is 30.1 Å². The normalized spacial score (nSPS) is 16.9. The summed E-state index contributed by atoms with van der Waals surface area (Å²) in [5.41, 5.74) is 4.09. The van der Waals surface area contributed by atoms with E-state index in [9.17, 15) is 9.18 Å². The van der Waals surface area contributed by atoms with Crippen molar-refractivity contribution in [3.8, 4) is 0 Å². The summed E-state index contributed by atoms with van der Waals surface area (Å²) in [6.07, 6.45) is 4.44. The first kappa shape index (κ1) is 16.7. The van der Waals surface area contributed by atoms with Crippen LogP contribution in [0.5, 0.6) is 0 Å². The molecule has 0 atom stereocenters. The van der Waals surface area contributed by atoms with Crippen LogP contribution in [0.2, 0.25) is 0 Å². The van der Waals surface area contributed by atoms with Gasteiger partial charge in [-0.25, -0.2) is 14.2 Å². The Morgan fingerprint density at radius 1 is 1.11 bits per heavy atom. The van der Waals surface area contributed by atoms with Crippen molar-refractivity contribution in [3.05, 3.63) is 58.9 Å². The maximum atomic E-state index is 13.3. The van der Waals surface area contributed by atoms with E-state index in [2.05, 4.69) is 16.0 Å². The molecule has 0 saturated carbocycles. The van der Waals surface area contributed by atoms with Gasteiger partial charge in [0.05, 0.1) is 28.9 Å². The second-order valence-electron chi connectivity index (χ2n) is 7.23. The summed E-state index contributed by atoms with van der Waals surface area (Å²) in [6.45, 7) is 1.25. The van der Waals surface area contributed by atoms with Crippen molar-refractivity contribution in [2.75, 3.05) is 18.0 Å². The molecule has 2 heterocycles. The number of nitrogens with zero attached hydrogens (tertiary/aromatic N) is 2. The molecule has 27 heavy (non-hydrogen) atoms. The van der Waals surface area contributed by atoms with Gasteiger partial charge in [-0.1, -0.05) is 17.4 Å². The molecule has 0 amide bonds. The molecule has 3 aromatic rings. The molecule has 2 aliphatic rings. The molecule has 2 aromatic carbocycles. The van der Waals surface area contributed by atoms with Gasteiger partial charge < -0.3 is 9.64 Å². The van der Waals surface area contributed by atoms with Gasteiger partial charge in [-0.15, -0.1) is 0 Å². The lowest BCUT2D eigenvalue weighted by atomic mass is 9.90. The van der Waals surface area contributed by atoms with Crippen LogP contribution >= 0.6 is 11.3 Å². The Bertz CT molecular complexity index is 1030. The molecule has 0 radical (unpaired) electrons. The SMILES string of the molecule is O=C(OC1CN(c2nc3ccc(F)cc3s2)C1)c1ccc2c(c1)CCCC2. The van der Waals surface area contributed by atoms with E-state index in [1.807, 2.05) is 12.1 Å². The topological polar surface area (TPSA) is 42.4 Å². The van der Waals surface area contributed by atoms with Crippen LogP contribution in [0.4, 0.5) is 9.52 Å². The summed E-state index contributed by atoms with van der Waals surface area (Å²) >= 11 is 1.46. The quantitative estimate of drug-likeness (QED) is 0.631. The molecule has 0 spiro atoms. The third-order valence-electron chi connectivity index (χ3n) is 5.32. The second kappa shape index (κ2) is 6.60. The van der Waals surface area contributed by atoms with E-state index in [4.69, 9.17) is 4.74 Å². The van der Waals surface area contributed by atoms with Crippen molar-refractivity contribution < 1.29 is 13.9 Å². The maximum Gasteiger partial charge on any atom is 0.338 e. The van der Waals surface area contributed by atoms with E-state index < -0.39 is 0 Å². The number of carbonyl (C=O) groups excluding carboxylic acids is 1. The van der Waals surface area contributed by atoms with Crippen LogP contribution in [0.3, 0.4) is 0 Å². The lowest BCUT2D eigenvalue weighted by Gasteiger charge is -2.38. The standard InChI is InChI=1S/C21H19FN2O2S/c22-16-7-8-18-19(10-16)27-21(23-18)24-11-17(12-24)26-20(25)15-6-5-13-3-1-2-4-14(13)9-15/h5-10,17H,1-4,11-12H2. The number of anilines is 1. The van der Waals surface area contributed by atoms with Gasteiger partial charge in [-0.3, -0.25) is 0 Å². The average Bonchev–Trinajstić information content (AvgIpc) is 3.06. The van der Waals surface area contributed by atoms with Crippen LogP contribution < -0.4 is 4.90 Å². The molecule has 1 aliphatic heterocycles. The van der Waals surface area contributed by atoms with Gasteiger partial charge in [-0.05, 0) is 67.1 Å². The zero-order chi connectivity index (χ0) is 18.4. The minimum absolute atomic E-state index is 0.128. The average molecular weight is 382 g/mol. The molecule has 1 aliphatic carbocycles. The molecule has 138 valence electrons. The van der Waals surface area contributed by atoms with Crippen molar-refractivity contribution in [2.24, 2.45) is 0 Å². The van der Waals surface area contributed by atoms with Crippen LogP contribution in [0, 0.1) is 5.82 Å². The van der Waals surface area contributed by atoms with Gasteiger partial charge in [0.1, 0.15) is 11.9 Å². The molecule has 0 bridgehead atoms. The predicted molar refractivity (Wildman–Crippen MR) is 104 cm³/mol. The molecule has 5 rings (SSSR count). The van der Waals surface area contributed by atoms with Gasteiger partial charge in [0.2, 0.25) is 0 Å². The van der Waals surface area contributed by atoms with Crippen molar-refractivity contribution in [2.45, 2.75) is 31.8 Å². The van der Waals surface area contributed by atoms with Crippen molar-refractivity contribution in [1.29, 1.82) is 0 Å². The zero-order valence-electron chi connectivity index (χ0n) is 14.8. The highest BCUT2D eigenvalue weighted by Gasteiger charge is 2.32. The smallest absolute Gasteiger partial charge is 0.338 e. The zero-order valence-corrected chi connectivity index (χ0v) is 15.6. The third-order valence-corrected chi connectivity index (χ3v) is 6.39. The van der Waals surface area contributed by atoms with Gasteiger partial charge in [0, 0.05) is 0 Å². The van der Waals surface area contributed by atoms with Crippen molar-refractivity contribution in [3.63, 3.8) is 0 Å². The highest BCUT2D eigenvalue weighted by molar-refractivity contribution is 7.22. The number of carbonyl (C=O) groups is 1. The summed E-state index contributed by atoms with van der Waals surface area (Å²) in [5, 5.41) is 0.844. The molecule has 1 aromatic heterocycles. The number of halogens is 1. The molecule has 0 N–H and O–H groups in total.